The highest BCUT2D eigenvalue weighted by molar-refractivity contribution is 5.60. The van der Waals surface area contributed by atoms with Crippen molar-refractivity contribution in [2.24, 2.45) is 5.22 Å². The van der Waals surface area contributed by atoms with E-state index in [4.69, 9.17) is 5.53 Å². The van der Waals surface area contributed by atoms with E-state index in [1.54, 1.807) is 6.07 Å². The van der Waals surface area contributed by atoms with Gasteiger partial charge in [0, 0.05) is 6.07 Å². The quantitative estimate of drug-likeness (QED) is 0.253. The average molecular weight is 179 g/mol. The van der Waals surface area contributed by atoms with Gasteiger partial charge in [0.25, 0.3) is 0 Å². The molecule has 0 saturated heterocycles. The maximum atomic E-state index is 10.4. The van der Waals surface area contributed by atoms with Crippen molar-refractivity contribution >= 4 is 11.4 Å². The van der Waals surface area contributed by atoms with E-state index in [1.165, 1.54) is 18.2 Å². The Hall–Kier alpha value is -2.27. The Morgan fingerprint density at radius 3 is 2.85 bits per heavy atom. The van der Waals surface area contributed by atoms with Crippen molar-refractivity contribution in [3.63, 3.8) is 0 Å². The van der Waals surface area contributed by atoms with Gasteiger partial charge in [0.05, 0.1) is 4.92 Å². The minimum atomic E-state index is -0.560. The van der Waals surface area contributed by atoms with Gasteiger partial charge in [-0.25, -0.2) is 5.43 Å². The third-order valence-electron chi connectivity index (χ3n) is 1.32. The second-order valence-electron chi connectivity index (χ2n) is 2.08. The molecule has 7 heteroatoms. The standard InChI is InChI=1S/C6H5N5O2/c7-9-10-8-5-3-1-2-4-6(5)11(12)13/h1-4,8H. The van der Waals surface area contributed by atoms with E-state index in [0.717, 1.165) is 0 Å². The number of nitrogens with one attached hydrogen (secondary N) is 1. The predicted molar refractivity (Wildman–Crippen MR) is 45.9 cm³/mol. The number of benzene rings is 1. The fourth-order valence-electron chi connectivity index (χ4n) is 0.804. The van der Waals surface area contributed by atoms with E-state index in [0.29, 0.717) is 0 Å². The zero-order chi connectivity index (χ0) is 9.68. The van der Waals surface area contributed by atoms with Gasteiger partial charge in [-0.15, -0.1) is 5.53 Å². The van der Waals surface area contributed by atoms with Crippen LogP contribution >= 0.6 is 0 Å². The summed E-state index contributed by atoms with van der Waals surface area (Å²) in [4.78, 5) is 12.3. The lowest BCUT2D eigenvalue weighted by atomic mass is 10.3. The molecule has 0 atom stereocenters. The van der Waals surface area contributed by atoms with Gasteiger partial charge in [0.1, 0.15) is 0 Å². The zero-order valence-corrected chi connectivity index (χ0v) is 6.41. The molecule has 0 aliphatic heterocycles. The van der Waals surface area contributed by atoms with E-state index in [2.05, 4.69) is 15.6 Å². The molecule has 0 spiro atoms. The molecule has 7 nitrogen and oxygen atoms in total. The summed E-state index contributed by atoms with van der Waals surface area (Å²) in [5, 5.41) is 13.4. The first-order valence-corrected chi connectivity index (χ1v) is 3.29. The molecule has 0 bridgehead atoms. The van der Waals surface area contributed by atoms with Gasteiger partial charge in [-0.2, -0.15) is 4.91 Å². The minimum Gasteiger partial charge on any atom is -0.258 e. The molecule has 0 amide bonds. The second-order valence-corrected chi connectivity index (χ2v) is 2.08. The van der Waals surface area contributed by atoms with Crippen LogP contribution in [0.3, 0.4) is 0 Å². The van der Waals surface area contributed by atoms with Crippen LogP contribution in [0.5, 0.6) is 0 Å². The number of para-hydroxylation sites is 2. The maximum Gasteiger partial charge on any atom is 0.315 e. The molecule has 13 heavy (non-hydrogen) atoms. The lowest BCUT2D eigenvalue weighted by Gasteiger charge is -1.95. The molecule has 66 valence electrons. The van der Waals surface area contributed by atoms with Gasteiger partial charge in [-0.3, -0.25) is 10.1 Å². The summed E-state index contributed by atoms with van der Waals surface area (Å²) in [7, 11) is 0. The van der Waals surface area contributed by atoms with Gasteiger partial charge in [-0.1, -0.05) is 12.1 Å². The third-order valence-corrected chi connectivity index (χ3v) is 1.32. The van der Waals surface area contributed by atoms with Gasteiger partial charge in [0.15, 0.2) is 0 Å². The maximum absolute atomic E-state index is 10.4. The average Bonchev–Trinajstić information content (AvgIpc) is 2.15. The van der Waals surface area contributed by atoms with Crippen LogP contribution in [0.2, 0.25) is 0 Å². The highest BCUT2D eigenvalue weighted by Crippen LogP contribution is 2.22. The molecular formula is C6H5N5O2. The normalized spacial score (nSPS) is 8.62. The number of nitro groups is 1. The molecule has 1 rings (SSSR count). The van der Waals surface area contributed by atoms with Crippen LogP contribution in [-0.4, -0.2) is 4.92 Å². The number of nitro benzene ring substituents is 1. The molecule has 0 heterocycles. The minimum absolute atomic E-state index is 0.130. The summed E-state index contributed by atoms with van der Waals surface area (Å²) in [5.41, 5.74) is 10.2. The van der Waals surface area contributed by atoms with E-state index >= 15 is 0 Å². The lowest BCUT2D eigenvalue weighted by molar-refractivity contribution is -0.384. The van der Waals surface area contributed by atoms with Crippen LogP contribution in [0.1, 0.15) is 0 Å². The van der Waals surface area contributed by atoms with Crippen molar-refractivity contribution in [2.75, 3.05) is 5.43 Å². The molecular weight excluding hydrogens is 174 g/mol. The fourth-order valence-corrected chi connectivity index (χ4v) is 0.804. The molecule has 0 saturated carbocycles. The summed E-state index contributed by atoms with van der Waals surface area (Å²) < 4.78 is 0. The van der Waals surface area contributed by atoms with Gasteiger partial charge >= 0.3 is 5.69 Å². The number of nitrogens with zero attached hydrogens (tertiary/aromatic N) is 4. The van der Waals surface area contributed by atoms with E-state index < -0.39 is 4.92 Å². The molecule has 0 aliphatic carbocycles. The highest BCUT2D eigenvalue weighted by atomic mass is 16.6. The predicted octanol–water partition coefficient (Wildman–Crippen LogP) is 2.23. The Labute approximate surface area is 72.7 Å². The smallest absolute Gasteiger partial charge is 0.258 e. The molecule has 1 aromatic rings. The Bertz CT molecular complexity index is 371. The van der Waals surface area contributed by atoms with E-state index in [1.807, 2.05) is 0 Å². The van der Waals surface area contributed by atoms with Crippen molar-refractivity contribution in [2.45, 2.75) is 0 Å². The summed E-state index contributed by atoms with van der Waals surface area (Å²) in [5.74, 6) is 0. The van der Waals surface area contributed by atoms with Gasteiger partial charge in [0.2, 0.25) is 5.69 Å². The largest absolute Gasteiger partial charge is 0.315 e. The first kappa shape index (κ1) is 8.82. The van der Waals surface area contributed by atoms with Crippen LogP contribution in [-0.2, 0) is 0 Å². The summed E-state index contributed by atoms with van der Waals surface area (Å²) in [6, 6.07) is 5.89. The number of hydrogen-bond donors (Lipinski definition) is 1. The Balaban J connectivity index is 3.04. The number of azide groups is 1. The monoisotopic (exact) mass is 179 g/mol. The Morgan fingerprint density at radius 1 is 1.54 bits per heavy atom. The van der Waals surface area contributed by atoms with Crippen LogP contribution in [0.15, 0.2) is 29.5 Å². The van der Waals surface area contributed by atoms with Crippen LogP contribution in [0.4, 0.5) is 11.4 Å². The van der Waals surface area contributed by atoms with Crippen LogP contribution in [0, 0.1) is 10.1 Å². The number of anilines is 1. The molecule has 1 aromatic carbocycles. The molecule has 0 unspecified atom stereocenters. The van der Waals surface area contributed by atoms with Gasteiger partial charge < -0.3 is 0 Å². The SMILES string of the molecule is [N-]=[N+]=NNc1ccccc1[N+](=O)[O-]. The van der Waals surface area contributed by atoms with E-state index in [9.17, 15) is 10.1 Å². The van der Waals surface area contributed by atoms with Crippen molar-refractivity contribution in [3.8, 4) is 0 Å². The highest BCUT2D eigenvalue weighted by Gasteiger charge is 2.13. The van der Waals surface area contributed by atoms with Crippen molar-refractivity contribution in [1.82, 2.24) is 0 Å². The zero-order valence-electron chi connectivity index (χ0n) is 6.41. The van der Waals surface area contributed by atoms with Crippen LogP contribution in [0.25, 0.3) is 10.4 Å². The lowest BCUT2D eigenvalue weighted by Crippen LogP contribution is -1.94. The first-order chi connectivity index (χ1) is 6.25. The van der Waals surface area contributed by atoms with Gasteiger partial charge in [-0.05, 0) is 11.3 Å². The Kier molecular flexibility index (Phi) is 2.67. The van der Waals surface area contributed by atoms with Crippen molar-refractivity contribution in [1.29, 1.82) is 0 Å². The third kappa shape index (κ3) is 2.08. The molecule has 0 aliphatic rings. The first-order valence-electron chi connectivity index (χ1n) is 3.29. The molecule has 0 radical (unpaired) electrons. The fraction of sp³-hybridized carbons (Fsp3) is 0. The van der Waals surface area contributed by atoms with Crippen LogP contribution < -0.4 is 5.43 Å². The summed E-state index contributed by atoms with van der Waals surface area (Å²) in [6.07, 6.45) is 0. The summed E-state index contributed by atoms with van der Waals surface area (Å²) in [6.45, 7) is 0. The number of hydrogen-bond acceptors (Lipinski definition) is 3. The number of rotatable bonds is 3. The summed E-state index contributed by atoms with van der Waals surface area (Å²) >= 11 is 0. The Morgan fingerprint density at radius 2 is 2.23 bits per heavy atom. The van der Waals surface area contributed by atoms with E-state index in [-0.39, 0.29) is 11.4 Å². The topological polar surface area (TPSA) is 104 Å². The second kappa shape index (κ2) is 3.93. The van der Waals surface area contributed by atoms with Crippen molar-refractivity contribution < 1.29 is 4.92 Å². The molecule has 0 fully saturated rings. The molecule has 1 N–H and O–H groups in total. The molecule has 0 aromatic heterocycles. The van der Waals surface area contributed by atoms with Crippen molar-refractivity contribution in [3.05, 3.63) is 44.8 Å².